The van der Waals surface area contributed by atoms with E-state index in [4.69, 9.17) is 5.73 Å². The van der Waals surface area contributed by atoms with Crippen molar-refractivity contribution >= 4 is 28.7 Å². The maximum absolute atomic E-state index is 12.2. The number of amides is 1. The Morgan fingerprint density at radius 2 is 2.32 bits per heavy atom. The molecule has 6 heteroatoms. The van der Waals surface area contributed by atoms with Gasteiger partial charge in [-0.05, 0) is 37.8 Å². The van der Waals surface area contributed by atoms with Gasteiger partial charge in [-0.25, -0.2) is 0 Å². The van der Waals surface area contributed by atoms with Gasteiger partial charge in [0.15, 0.2) is 5.82 Å². The van der Waals surface area contributed by atoms with Crippen LogP contribution >= 0.6 is 11.3 Å². The van der Waals surface area contributed by atoms with Crippen molar-refractivity contribution in [2.75, 3.05) is 11.1 Å². The molecule has 0 atom stereocenters. The number of rotatable bonds is 2. The van der Waals surface area contributed by atoms with Gasteiger partial charge in [0.05, 0.1) is 16.3 Å². The minimum absolute atomic E-state index is 0.103. The van der Waals surface area contributed by atoms with Crippen LogP contribution in [0.5, 0.6) is 0 Å². The largest absolute Gasteiger partial charge is 0.394 e. The van der Waals surface area contributed by atoms with Crippen molar-refractivity contribution in [1.29, 1.82) is 0 Å². The summed E-state index contributed by atoms with van der Waals surface area (Å²) in [4.78, 5) is 14.3. The van der Waals surface area contributed by atoms with Gasteiger partial charge in [-0.2, -0.15) is 5.10 Å². The van der Waals surface area contributed by atoms with Crippen LogP contribution in [0.2, 0.25) is 0 Å². The van der Waals surface area contributed by atoms with E-state index in [1.807, 2.05) is 13.0 Å². The lowest BCUT2D eigenvalue weighted by Gasteiger charge is -2.05. The molecule has 0 spiro atoms. The molecule has 5 nitrogen and oxygen atoms in total. The fraction of sp³-hybridized carbons (Fsp3) is 0.385. The van der Waals surface area contributed by atoms with Crippen LogP contribution in [-0.2, 0) is 19.9 Å². The fourth-order valence-corrected chi connectivity index (χ4v) is 3.58. The van der Waals surface area contributed by atoms with E-state index in [0.717, 1.165) is 23.4 Å². The summed E-state index contributed by atoms with van der Waals surface area (Å²) in [6.07, 6.45) is 3.39. The Morgan fingerprint density at radius 3 is 2.95 bits per heavy atom. The van der Waals surface area contributed by atoms with Crippen molar-refractivity contribution < 1.29 is 4.79 Å². The van der Waals surface area contributed by atoms with E-state index >= 15 is 0 Å². The molecule has 2 aromatic heterocycles. The van der Waals surface area contributed by atoms with Gasteiger partial charge in [-0.3, -0.25) is 9.48 Å². The normalized spacial score (nSPS) is 13.6. The highest BCUT2D eigenvalue weighted by Gasteiger charge is 2.20. The maximum Gasteiger partial charge on any atom is 0.266 e. The molecule has 1 aliphatic carbocycles. The first-order chi connectivity index (χ1) is 9.06. The number of nitrogens with two attached hydrogens (primary N) is 1. The molecule has 2 heterocycles. The lowest BCUT2D eigenvalue weighted by atomic mass is 10.2. The van der Waals surface area contributed by atoms with Gasteiger partial charge in [0.1, 0.15) is 0 Å². The minimum Gasteiger partial charge on any atom is -0.394 e. The predicted molar refractivity (Wildman–Crippen MR) is 76.7 cm³/mol. The molecule has 100 valence electrons. The highest BCUT2D eigenvalue weighted by Crippen LogP contribution is 2.31. The Hall–Kier alpha value is -1.82. The van der Waals surface area contributed by atoms with E-state index in [1.165, 1.54) is 16.9 Å². The van der Waals surface area contributed by atoms with Crippen LogP contribution in [0.15, 0.2) is 6.07 Å². The first-order valence-electron chi connectivity index (χ1n) is 6.28. The van der Waals surface area contributed by atoms with Gasteiger partial charge >= 0.3 is 0 Å². The summed E-state index contributed by atoms with van der Waals surface area (Å²) in [5.41, 5.74) is 8.49. The third-order valence-electron chi connectivity index (χ3n) is 3.47. The van der Waals surface area contributed by atoms with Crippen molar-refractivity contribution in [3.63, 3.8) is 0 Å². The minimum atomic E-state index is -0.103. The Labute approximate surface area is 115 Å². The molecule has 0 saturated carbocycles. The highest BCUT2D eigenvalue weighted by molar-refractivity contribution is 7.14. The van der Waals surface area contributed by atoms with Crippen LogP contribution in [0.3, 0.4) is 0 Å². The van der Waals surface area contributed by atoms with Gasteiger partial charge in [-0.1, -0.05) is 0 Å². The van der Waals surface area contributed by atoms with Gasteiger partial charge in [0, 0.05) is 11.9 Å². The lowest BCUT2D eigenvalue weighted by Crippen LogP contribution is -2.14. The third-order valence-corrected chi connectivity index (χ3v) is 4.71. The zero-order valence-corrected chi connectivity index (χ0v) is 11.8. The van der Waals surface area contributed by atoms with Crippen LogP contribution in [-0.4, -0.2) is 15.7 Å². The summed E-state index contributed by atoms with van der Waals surface area (Å²) in [7, 11) is 1.77. The molecule has 3 rings (SSSR count). The second-order valence-corrected chi connectivity index (χ2v) is 5.97. The smallest absolute Gasteiger partial charge is 0.266 e. The zero-order valence-electron chi connectivity index (χ0n) is 11.0. The third kappa shape index (κ3) is 2.02. The molecule has 0 aromatic carbocycles. The van der Waals surface area contributed by atoms with Crippen molar-refractivity contribution in [3.05, 3.63) is 27.1 Å². The number of nitrogens with one attached hydrogen (secondary N) is 1. The molecule has 0 fully saturated rings. The number of carbonyl (C=O) groups excluding carboxylic acids is 1. The first kappa shape index (κ1) is 12.2. The number of fused-ring (bicyclic) bond motifs is 1. The Morgan fingerprint density at radius 1 is 1.53 bits per heavy atom. The molecule has 1 amide bonds. The first-order valence-corrected chi connectivity index (χ1v) is 7.10. The highest BCUT2D eigenvalue weighted by atomic mass is 32.1. The quantitative estimate of drug-likeness (QED) is 0.882. The topological polar surface area (TPSA) is 72.9 Å². The fourth-order valence-electron chi connectivity index (χ4n) is 2.43. The van der Waals surface area contributed by atoms with E-state index in [9.17, 15) is 4.79 Å². The van der Waals surface area contributed by atoms with Crippen LogP contribution < -0.4 is 11.1 Å². The second-order valence-electron chi connectivity index (χ2n) is 4.84. The van der Waals surface area contributed by atoms with Crippen LogP contribution in [0.4, 0.5) is 11.5 Å². The Balaban J connectivity index is 1.84. The van der Waals surface area contributed by atoms with Gasteiger partial charge in [0.25, 0.3) is 5.91 Å². The average Bonchev–Trinajstić information content (AvgIpc) is 2.99. The summed E-state index contributed by atoms with van der Waals surface area (Å²) >= 11 is 1.59. The molecule has 19 heavy (non-hydrogen) atoms. The number of thiophene rings is 1. The summed E-state index contributed by atoms with van der Waals surface area (Å²) in [5.74, 6) is 0.463. The molecule has 0 radical (unpaired) electrons. The summed E-state index contributed by atoms with van der Waals surface area (Å²) < 4.78 is 1.60. The van der Waals surface area contributed by atoms with Crippen molar-refractivity contribution in [3.8, 4) is 0 Å². The van der Waals surface area contributed by atoms with E-state index in [-0.39, 0.29) is 5.91 Å². The van der Waals surface area contributed by atoms with Crippen molar-refractivity contribution in [1.82, 2.24) is 9.78 Å². The molecule has 0 bridgehead atoms. The molecule has 0 aliphatic heterocycles. The predicted octanol–water partition coefficient (Wildman–Crippen LogP) is 2.11. The zero-order chi connectivity index (χ0) is 13.6. The summed E-state index contributed by atoms with van der Waals surface area (Å²) in [6, 6.07) is 2.00. The Bertz CT molecular complexity index is 634. The number of anilines is 2. The number of hydrogen-bond donors (Lipinski definition) is 2. The molecule has 2 aromatic rings. The average molecular weight is 276 g/mol. The van der Waals surface area contributed by atoms with Crippen LogP contribution in [0.25, 0.3) is 0 Å². The molecule has 1 aliphatic rings. The van der Waals surface area contributed by atoms with Crippen molar-refractivity contribution in [2.45, 2.75) is 26.2 Å². The maximum atomic E-state index is 12.2. The van der Waals surface area contributed by atoms with Gasteiger partial charge < -0.3 is 11.1 Å². The summed E-state index contributed by atoms with van der Waals surface area (Å²) in [5, 5.41) is 7.04. The van der Waals surface area contributed by atoms with E-state index in [1.54, 1.807) is 23.1 Å². The van der Waals surface area contributed by atoms with Crippen molar-refractivity contribution in [2.24, 2.45) is 7.05 Å². The van der Waals surface area contributed by atoms with Gasteiger partial charge in [0.2, 0.25) is 0 Å². The van der Waals surface area contributed by atoms with Crippen LogP contribution in [0, 0.1) is 6.92 Å². The molecular formula is C13H16N4OS. The van der Waals surface area contributed by atoms with Crippen LogP contribution in [0.1, 0.15) is 32.2 Å². The standard InChI is InChI=1S/C13H16N4OS/c1-7-11(14)12(17(2)16-7)15-13(18)10-6-8-4-3-5-9(8)19-10/h6H,3-5,14H2,1-2H3,(H,15,18). The molecular weight excluding hydrogens is 260 g/mol. The molecule has 0 saturated heterocycles. The lowest BCUT2D eigenvalue weighted by molar-refractivity contribution is 0.102. The molecule has 0 unspecified atom stereocenters. The Kier molecular flexibility index (Phi) is 2.82. The number of nitrogen functional groups attached to an aromatic ring is 1. The van der Waals surface area contributed by atoms with E-state index < -0.39 is 0 Å². The van der Waals surface area contributed by atoms with Gasteiger partial charge in [-0.15, -0.1) is 11.3 Å². The number of hydrogen-bond acceptors (Lipinski definition) is 4. The van der Waals surface area contributed by atoms with E-state index in [2.05, 4.69) is 10.4 Å². The summed E-state index contributed by atoms with van der Waals surface area (Å²) in [6.45, 7) is 1.82. The SMILES string of the molecule is Cc1nn(C)c(NC(=O)c2cc3c(s2)CCC3)c1N. The monoisotopic (exact) mass is 276 g/mol. The molecule has 3 N–H and O–H groups in total. The van der Waals surface area contributed by atoms with E-state index in [0.29, 0.717) is 11.5 Å². The number of carbonyl (C=O) groups is 1. The number of aromatic nitrogens is 2. The second kappa shape index (κ2) is 4.38. The number of nitrogens with zero attached hydrogens (tertiary/aromatic N) is 2. The number of aryl methyl sites for hydroxylation is 4.